The largest absolute Gasteiger partial charge is 0.459 e. The molecule has 44 heavy (non-hydrogen) atoms. The van der Waals surface area contributed by atoms with Gasteiger partial charge in [-0.1, -0.05) is 39.5 Å². The second-order valence-corrected chi connectivity index (χ2v) is 16.4. The van der Waals surface area contributed by atoms with Gasteiger partial charge in [-0.05, 0) is 92.8 Å². The summed E-state index contributed by atoms with van der Waals surface area (Å²) in [5.74, 6) is 3.49. The molecule has 8 atom stereocenters. The average Bonchev–Trinajstić information content (AvgIpc) is 3.71. The van der Waals surface area contributed by atoms with E-state index in [0.29, 0.717) is 74.6 Å². The summed E-state index contributed by atoms with van der Waals surface area (Å²) >= 11 is 0. The van der Waals surface area contributed by atoms with Crippen LogP contribution >= 0.6 is 0 Å². The van der Waals surface area contributed by atoms with Crippen LogP contribution in [0.1, 0.15) is 110 Å². The fourth-order valence-electron chi connectivity index (χ4n) is 11.5. The van der Waals surface area contributed by atoms with Crippen molar-refractivity contribution in [1.82, 2.24) is 9.80 Å². The highest BCUT2D eigenvalue weighted by atomic mass is 16.6. The molecule has 2 unspecified atom stereocenters. The molecule has 2 saturated heterocycles. The number of ether oxygens (including phenoxy) is 3. The van der Waals surface area contributed by atoms with E-state index in [0.717, 1.165) is 58.0 Å². The minimum atomic E-state index is -0.434. The average molecular weight is 613 g/mol. The molecular formula is C36H56N2O6. The summed E-state index contributed by atoms with van der Waals surface area (Å²) in [5.41, 5.74) is -0.259. The van der Waals surface area contributed by atoms with Crippen LogP contribution in [0.3, 0.4) is 0 Å². The third kappa shape index (κ3) is 5.73. The summed E-state index contributed by atoms with van der Waals surface area (Å²) in [4.78, 5) is 43.4. The van der Waals surface area contributed by atoms with Gasteiger partial charge in [0.05, 0.1) is 26.3 Å². The molecule has 5 saturated carbocycles. The van der Waals surface area contributed by atoms with E-state index in [9.17, 15) is 14.4 Å². The maximum Gasteiger partial charge on any atom is 0.410 e. The second-order valence-electron chi connectivity index (χ2n) is 16.4. The standard InChI is InChI=1S/C36H56N2O6/c1-34-15-16-36(21-26(34)8-9-28-29-10-11-31(39)35(29,2)14-13-30(28)34)24-38(33(41)44-36)23-27(22-37-17-19-42-20-18-37)43-32(40)12-7-25-5-3-4-6-25/h25-30H,3-24H2,1-2H3/t26?,27?,28-,29-,30-,34-,35-,36+/m0/s1. The number of amides is 1. The highest BCUT2D eigenvalue weighted by molar-refractivity contribution is 5.87. The Morgan fingerprint density at radius 2 is 1.75 bits per heavy atom. The van der Waals surface area contributed by atoms with Crippen LogP contribution in [0.4, 0.5) is 4.79 Å². The van der Waals surface area contributed by atoms with Crippen LogP contribution in [-0.4, -0.2) is 85.3 Å². The molecule has 7 rings (SSSR count). The Labute approximate surface area is 264 Å². The van der Waals surface area contributed by atoms with Gasteiger partial charge in [0.15, 0.2) is 0 Å². The van der Waals surface area contributed by atoms with Gasteiger partial charge in [0, 0.05) is 37.9 Å². The second kappa shape index (κ2) is 12.2. The minimum absolute atomic E-state index is 0.0839. The van der Waals surface area contributed by atoms with Crippen molar-refractivity contribution < 1.29 is 28.6 Å². The molecule has 8 nitrogen and oxygen atoms in total. The van der Waals surface area contributed by atoms with Gasteiger partial charge in [0.2, 0.25) is 0 Å². The summed E-state index contributed by atoms with van der Waals surface area (Å²) in [6.07, 6.45) is 15.2. The van der Waals surface area contributed by atoms with Gasteiger partial charge in [-0.3, -0.25) is 14.5 Å². The van der Waals surface area contributed by atoms with Crippen LogP contribution in [0.15, 0.2) is 0 Å². The molecule has 0 aromatic heterocycles. The van der Waals surface area contributed by atoms with E-state index in [1.807, 2.05) is 4.90 Å². The molecule has 8 heteroatoms. The summed E-state index contributed by atoms with van der Waals surface area (Å²) in [5, 5.41) is 0. The number of hydrogen-bond donors (Lipinski definition) is 0. The van der Waals surface area contributed by atoms with Crippen LogP contribution < -0.4 is 0 Å². The van der Waals surface area contributed by atoms with E-state index in [4.69, 9.17) is 14.2 Å². The molecule has 7 aliphatic rings. The lowest BCUT2D eigenvalue weighted by atomic mass is 9.44. The fourth-order valence-corrected chi connectivity index (χ4v) is 11.5. The van der Waals surface area contributed by atoms with Crippen molar-refractivity contribution in [3.05, 3.63) is 0 Å². The molecule has 0 bridgehead atoms. The quantitative estimate of drug-likeness (QED) is 0.311. The Morgan fingerprint density at radius 1 is 0.955 bits per heavy atom. The van der Waals surface area contributed by atoms with Crippen molar-refractivity contribution in [2.75, 3.05) is 45.9 Å². The van der Waals surface area contributed by atoms with Gasteiger partial charge in [-0.2, -0.15) is 0 Å². The van der Waals surface area contributed by atoms with E-state index < -0.39 is 5.60 Å². The number of carbonyl (C=O) groups is 3. The minimum Gasteiger partial charge on any atom is -0.459 e. The number of Topliss-reactive ketones (excluding diaryl/α,β-unsaturated/α-hetero) is 1. The lowest BCUT2D eigenvalue weighted by Gasteiger charge is -2.61. The Balaban J connectivity index is 0.992. The molecule has 0 radical (unpaired) electrons. The fraction of sp³-hybridized carbons (Fsp3) is 0.917. The first-order chi connectivity index (χ1) is 21.2. The van der Waals surface area contributed by atoms with Gasteiger partial charge in [0.1, 0.15) is 17.5 Å². The van der Waals surface area contributed by atoms with Crippen LogP contribution in [0, 0.1) is 40.4 Å². The zero-order valence-corrected chi connectivity index (χ0v) is 27.4. The summed E-state index contributed by atoms with van der Waals surface area (Å²) in [6, 6.07) is 0. The van der Waals surface area contributed by atoms with Crippen LogP contribution in [0.25, 0.3) is 0 Å². The first kappa shape index (κ1) is 31.0. The molecular weight excluding hydrogens is 556 g/mol. The molecule has 7 fully saturated rings. The predicted molar refractivity (Wildman–Crippen MR) is 166 cm³/mol. The van der Waals surface area contributed by atoms with Crippen molar-refractivity contribution in [1.29, 1.82) is 0 Å². The van der Waals surface area contributed by atoms with Gasteiger partial charge in [-0.25, -0.2) is 4.79 Å². The SMILES string of the molecule is C[C@]12CC[C@@]3(CC1CC[C@@H]1[C@@H]2CC[C@]2(C)C(=O)CC[C@@H]12)CN(CC(CN1CCOCC1)OC(=O)CCC1CCCC1)C(=O)O3. The smallest absolute Gasteiger partial charge is 0.410 e. The van der Waals surface area contributed by atoms with E-state index in [1.54, 1.807) is 0 Å². The number of ketones is 1. The van der Waals surface area contributed by atoms with Gasteiger partial charge in [-0.15, -0.1) is 0 Å². The van der Waals surface area contributed by atoms with Gasteiger partial charge >= 0.3 is 12.1 Å². The highest BCUT2D eigenvalue weighted by Crippen LogP contribution is 2.66. The molecule has 5 aliphatic carbocycles. The van der Waals surface area contributed by atoms with Crippen LogP contribution in [0.5, 0.6) is 0 Å². The van der Waals surface area contributed by atoms with Crippen molar-refractivity contribution in [2.24, 2.45) is 40.4 Å². The molecule has 0 aromatic rings. The number of fused-ring (bicyclic) bond motifs is 5. The summed E-state index contributed by atoms with van der Waals surface area (Å²) in [6.45, 7) is 9.43. The topological polar surface area (TPSA) is 85.4 Å². The lowest BCUT2D eigenvalue weighted by Crippen LogP contribution is -2.56. The molecule has 246 valence electrons. The number of carbonyl (C=O) groups excluding carboxylic acids is 3. The summed E-state index contributed by atoms with van der Waals surface area (Å²) in [7, 11) is 0. The van der Waals surface area contributed by atoms with Crippen molar-refractivity contribution in [3.63, 3.8) is 0 Å². The van der Waals surface area contributed by atoms with Crippen molar-refractivity contribution in [3.8, 4) is 0 Å². The molecule has 2 aliphatic heterocycles. The zero-order valence-electron chi connectivity index (χ0n) is 27.4. The number of rotatable bonds is 8. The van der Waals surface area contributed by atoms with Gasteiger partial charge < -0.3 is 19.1 Å². The summed E-state index contributed by atoms with van der Waals surface area (Å²) < 4.78 is 18.0. The van der Waals surface area contributed by atoms with E-state index >= 15 is 0 Å². The van der Waals surface area contributed by atoms with Gasteiger partial charge in [0.25, 0.3) is 0 Å². The monoisotopic (exact) mass is 612 g/mol. The van der Waals surface area contributed by atoms with Crippen molar-refractivity contribution >= 4 is 17.8 Å². The normalized spacial score (nSPS) is 41.7. The molecule has 0 N–H and O–H groups in total. The molecule has 0 aromatic carbocycles. The van der Waals surface area contributed by atoms with E-state index in [2.05, 4.69) is 18.7 Å². The number of morpholine rings is 1. The first-order valence-electron chi connectivity index (χ1n) is 18.2. The Kier molecular flexibility index (Phi) is 8.56. The number of hydrogen-bond acceptors (Lipinski definition) is 7. The maximum atomic E-state index is 13.4. The Morgan fingerprint density at radius 3 is 2.55 bits per heavy atom. The Hall–Kier alpha value is -1.67. The maximum absolute atomic E-state index is 13.4. The zero-order chi connectivity index (χ0) is 30.5. The number of nitrogens with zero attached hydrogens (tertiary/aromatic N) is 2. The van der Waals surface area contributed by atoms with Crippen LogP contribution in [0.2, 0.25) is 0 Å². The lowest BCUT2D eigenvalue weighted by molar-refractivity contribution is -0.151. The first-order valence-corrected chi connectivity index (χ1v) is 18.2. The molecule has 1 amide bonds. The number of esters is 1. The van der Waals surface area contributed by atoms with Crippen molar-refractivity contribution in [2.45, 2.75) is 122 Å². The highest BCUT2D eigenvalue weighted by Gasteiger charge is 2.63. The third-order valence-corrected chi connectivity index (χ3v) is 14.1. The van der Waals surface area contributed by atoms with E-state index in [-0.39, 0.29) is 29.0 Å². The Bertz CT molecular complexity index is 1100. The third-order valence-electron chi connectivity index (χ3n) is 14.1. The molecule has 1 spiro atoms. The molecule has 2 heterocycles. The van der Waals surface area contributed by atoms with Crippen LogP contribution in [-0.2, 0) is 23.8 Å². The van der Waals surface area contributed by atoms with E-state index in [1.165, 1.54) is 44.9 Å². The predicted octanol–water partition coefficient (Wildman–Crippen LogP) is 6.00.